The van der Waals surface area contributed by atoms with Crippen molar-refractivity contribution in [2.24, 2.45) is 5.10 Å². The minimum absolute atomic E-state index is 0.105. The maximum atomic E-state index is 12.4. The molecule has 0 spiro atoms. The van der Waals surface area contributed by atoms with E-state index < -0.39 is 0 Å². The Kier molecular flexibility index (Phi) is 8.03. The molecule has 1 aliphatic rings. The summed E-state index contributed by atoms with van der Waals surface area (Å²) in [5.74, 6) is 1.18. The summed E-state index contributed by atoms with van der Waals surface area (Å²) in [7, 11) is 3.19. The van der Waals surface area contributed by atoms with Gasteiger partial charge in [-0.3, -0.25) is 14.6 Å². The van der Waals surface area contributed by atoms with Gasteiger partial charge in [0.1, 0.15) is 0 Å². The third kappa shape index (κ3) is 6.54. The molecule has 0 atom stereocenters. The summed E-state index contributed by atoms with van der Waals surface area (Å²) in [6.07, 6.45) is 0. The minimum atomic E-state index is -0.105. The quantitative estimate of drug-likeness (QED) is 0.521. The van der Waals surface area contributed by atoms with Crippen molar-refractivity contribution < 1.29 is 14.3 Å². The largest absolute Gasteiger partial charge is 0.493 e. The van der Waals surface area contributed by atoms with Crippen molar-refractivity contribution in [1.82, 2.24) is 15.2 Å². The van der Waals surface area contributed by atoms with E-state index in [-0.39, 0.29) is 5.91 Å². The van der Waals surface area contributed by atoms with Crippen molar-refractivity contribution in [3.63, 3.8) is 0 Å². The van der Waals surface area contributed by atoms with Gasteiger partial charge in [0.2, 0.25) is 0 Å². The Bertz CT molecular complexity index is 904. The van der Waals surface area contributed by atoms with E-state index in [1.165, 1.54) is 11.1 Å². The number of nitrogens with one attached hydrogen (secondary N) is 1. The Labute approximate surface area is 184 Å². The zero-order valence-electron chi connectivity index (χ0n) is 18.9. The average Bonchev–Trinajstić information content (AvgIpc) is 2.79. The second-order valence-electron chi connectivity index (χ2n) is 7.84. The Morgan fingerprint density at radius 1 is 0.968 bits per heavy atom. The lowest BCUT2D eigenvalue weighted by molar-refractivity contribution is -0.122. The van der Waals surface area contributed by atoms with Crippen LogP contribution in [0.15, 0.2) is 47.6 Å². The SMILES string of the molecule is COc1ccc(/C(C)=N/NC(=O)CN2CCN(Cc3ccc(C)cc3)CC2)cc1OC. The van der Waals surface area contributed by atoms with Crippen LogP contribution in [0.5, 0.6) is 11.5 Å². The summed E-state index contributed by atoms with van der Waals surface area (Å²) < 4.78 is 10.6. The molecule has 0 unspecified atom stereocenters. The van der Waals surface area contributed by atoms with E-state index in [0.29, 0.717) is 23.8 Å². The van der Waals surface area contributed by atoms with Crippen molar-refractivity contribution in [3.8, 4) is 11.5 Å². The lowest BCUT2D eigenvalue weighted by atomic mass is 10.1. The molecule has 1 amide bonds. The van der Waals surface area contributed by atoms with E-state index in [4.69, 9.17) is 9.47 Å². The number of piperazine rings is 1. The van der Waals surface area contributed by atoms with Crippen LogP contribution in [-0.4, -0.2) is 68.4 Å². The predicted molar refractivity (Wildman–Crippen MR) is 123 cm³/mol. The van der Waals surface area contributed by atoms with Gasteiger partial charge >= 0.3 is 0 Å². The highest BCUT2D eigenvalue weighted by atomic mass is 16.5. The zero-order chi connectivity index (χ0) is 22.2. The van der Waals surface area contributed by atoms with Crippen LogP contribution in [-0.2, 0) is 11.3 Å². The molecule has 1 N–H and O–H groups in total. The van der Waals surface area contributed by atoms with Crippen molar-refractivity contribution >= 4 is 11.6 Å². The summed E-state index contributed by atoms with van der Waals surface area (Å²) in [6, 6.07) is 14.2. The topological polar surface area (TPSA) is 66.4 Å². The lowest BCUT2D eigenvalue weighted by Gasteiger charge is -2.34. The summed E-state index contributed by atoms with van der Waals surface area (Å²) >= 11 is 0. The van der Waals surface area contributed by atoms with Crippen molar-refractivity contribution in [2.45, 2.75) is 20.4 Å². The van der Waals surface area contributed by atoms with Crippen LogP contribution in [0.2, 0.25) is 0 Å². The molecule has 7 nitrogen and oxygen atoms in total. The molecular formula is C24H32N4O3. The predicted octanol–water partition coefficient (Wildman–Crippen LogP) is 2.67. The van der Waals surface area contributed by atoms with Crippen molar-refractivity contribution in [3.05, 3.63) is 59.2 Å². The Hall–Kier alpha value is -2.90. The van der Waals surface area contributed by atoms with Crippen LogP contribution < -0.4 is 14.9 Å². The summed E-state index contributed by atoms with van der Waals surface area (Å²) in [6.45, 7) is 8.91. The van der Waals surface area contributed by atoms with Gasteiger partial charge in [-0.15, -0.1) is 0 Å². The molecule has 0 bridgehead atoms. The van der Waals surface area contributed by atoms with Crippen molar-refractivity contribution in [1.29, 1.82) is 0 Å². The van der Waals surface area contributed by atoms with Crippen LogP contribution in [0.25, 0.3) is 0 Å². The molecule has 1 fully saturated rings. The molecule has 0 aromatic heterocycles. The lowest BCUT2D eigenvalue weighted by Crippen LogP contribution is -2.48. The maximum Gasteiger partial charge on any atom is 0.254 e. The highest BCUT2D eigenvalue weighted by Gasteiger charge is 2.19. The van der Waals surface area contributed by atoms with Gasteiger partial charge in [-0.1, -0.05) is 29.8 Å². The van der Waals surface area contributed by atoms with E-state index in [2.05, 4.69) is 51.5 Å². The molecule has 31 heavy (non-hydrogen) atoms. The van der Waals surface area contributed by atoms with Gasteiger partial charge in [-0.05, 0) is 37.6 Å². The molecule has 1 saturated heterocycles. The first kappa shape index (κ1) is 22.8. The Balaban J connectivity index is 1.45. The van der Waals surface area contributed by atoms with Crippen LogP contribution in [0.4, 0.5) is 0 Å². The molecule has 0 aliphatic carbocycles. The monoisotopic (exact) mass is 424 g/mol. The number of aryl methyl sites for hydroxylation is 1. The molecule has 7 heteroatoms. The second kappa shape index (κ2) is 10.9. The first-order valence-electron chi connectivity index (χ1n) is 10.5. The number of hydrogen-bond acceptors (Lipinski definition) is 6. The fourth-order valence-corrected chi connectivity index (χ4v) is 3.57. The van der Waals surface area contributed by atoms with E-state index in [1.54, 1.807) is 14.2 Å². The van der Waals surface area contributed by atoms with Gasteiger partial charge in [-0.2, -0.15) is 5.10 Å². The Morgan fingerprint density at radius 2 is 1.61 bits per heavy atom. The van der Waals surface area contributed by atoms with E-state index in [9.17, 15) is 4.79 Å². The van der Waals surface area contributed by atoms with E-state index in [1.807, 2.05) is 25.1 Å². The van der Waals surface area contributed by atoms with Crippen LogP contribution >= 0.6 is 0 Å². The molecule has 3 rings (SSSR count). The van der Waals surface area contributed by atoms with Crippen LogP contribution in [0.3, 0.4) is 0 Å². The number of hydrazone groups is 1. The second-order valence-corrected chi connectivity index (χ2v) is 7.84. The number of carbonyl (C=O) groups excluding carboxylic acids is 1. The van der Waals surface area contributed by atoms with Gasteiger partial charge in [0, 0.05) is 38.3 Å². The third-order valence-electron chi connectivity index (χ3n) is 5.51. The average molecular weight is 425 g/mol. The normalized spacial score (nSPS) is 15.5. The number of rotatable bonds is 8. The number of benzene rings is 2. The number of carbonyl (C=O) groups is 1. The number of amides is 1. The highest BCUT2D eigenvalue weighted by molar-refractivity contribution is 5.99. The van der Waals surface area contributed by atoms with Crippen LogP contribution in [0.1, 0.15) is 23.6 Å². The molecule has 2 aromatic rings. The van der Waals surface area contributed by atoms with Gasteiger partial charge < -0.3 is 9.47 Å². The smallest absolute Gasteiger partial charge is 0.254 e. The molecule has 1 heterocycles. The fourth-order valence-electron chi connectivity index (χ4n) is 3.57. The molecule has 0 saturated carbocycles. The number of ether oxygens (including phenoxy) is 2. The number of hydrogen-bond donors (Lipinski definition) is 1. The van der Waals surface area contributed by atoms with Gasteiger partial charge in [0.25, 0.3) is 5.91 Å². The number of methoxy groups -OCH3 is 2. The van der Waals surface area contributed by atoms with Crippen LogP contribution in [0, 0.1) is 6.92 Å². The molecule has 166 valence electrons. The fraction of sp³-hybridized carbons (Fsp3) is 0.417. The summed E-state index contributed by atoms with van der Waals surface area (Å²) in [5, 5.41) is 4.25. The number of nitrogens with zero attached hydrogens (tertiary/aromatic N) is 3. The molecule has 2 aromatic carbocycles. The first-order valence-corrected chi connectivity index (χ1v) is 10.5. The summed E-state index contributed by atoms with van der Waals surface area (Å²) in [5.41, 5.74) is 6.85. The molecule has 1 aliphatic heterocycles. The van der Waals surface area contributed by atoms with Crippen molar-refractivity contribution in [2.75, 3.05) is 46.9 Å². The maximum absolute atomic E-state index is 12.4. The molecule has 0 radical (unpaired) electrons. The highest BCUT2D eigenvalue weighted by Crippen LogP contribution is 2.27. The standard InChI is InChI=1S/C24H32N4O3/c1-18-5-7-20(8-6-18)16-27-11-13-28(14-12-27)17-24(29)26-25-19(2)21-9-10-22(30-3)23(15-21)31-4/h5-10,15H,11-14,16-17H2,1-4H3,(H,26,29)/b25-19+. The van der Waals surface area contributed by atoms with E-state index >= 15 is 0 Å². The van der Waals surface area contributed by atoms with Gasteiger partial charge in [0.05, 0.1) is 26.5 Å². The Morgan fingerprint density at radius 3 is 2.26 bits per heavy atom. The third-order valence-corrected chi connectivity index (χ3v) is 5.51. The minimum Gasteiger partial charge on any atom is -0.493 e. The summed E-state index contributed by atoms with van der Waals surface area (Å²) in [4.78, 5) is 17.0. The zero-order valence-corrected chi connectivity index (χ0v) is 18.9. The van der Waals surface area contributed by atoms with Gasteiger partial charge in [-0.25, -0.2) is 5.43 Å². The first-order chi connectivity index (χ1) is 15.0. The van der Waals surface area contributed by atoms with E-state index in [0.717, 1.165) is 38.3 Å². The molecular weight excluding hydrogens is 392 g/mol. The van der Waals surface area contributed by atoms with Gasteiger partial charge in [0.15, 0.2) is 11.5 Å².